The summed E-state index contributed by atoms with van der Waals surface area (Å²) in [6, 6.07) is 5.11. The van der Waals surface area contributed by atoms with Gasteiger partial charge >= 0.3 is 5.97 Å². The molecule has 134 valence electrons. The summed E-state index contributed by atoms with van der Waals surface area (Å²) in [7, 11) is 0. The van der Waals surface area contributed by atoms with Gasteiger partial charge in [0.1, 0.15) is 18.1 Å². The van der Waals surface area contributed by atoms with E-state index in [1.807, 2.05) is 0 Å². The molecule has 0 aliphatic heterocycles. The molecule has 1 aromatic heterocycles. The lowest BCUT2D eigenvalue weighted by atomic mass is 9.99. The highest BCUT2D eigenvalue weighted by molar-refractivity contribution is 9.10. The van der Waals surface area contributed by atoms with Crippen LogP contribution >= 0.6 is 15.9 Å². The fourth-order valence-electron chi connectivity index (χ4n) is 2.57. The number of aromatic nitrogens is 1. The molecule has 0 amide bonds. The summed E-state index contributed by atoms with van der Waals surface area (Å²) in [6.07, 6.45) is 0. The van der Waals surface area contributed by atoms with Crippen molar-refractivity contribution in [2.45, 2.75) is 20.8 Å². The first-order valence-corrected chi connectivity index (χ1v) is 8.73. The summed E-state index contributed by atoms with van der Waals surface area (Å²) >= 11 is 3.40. The standard InChI is InChI=1S/C18H21BrN2O4/c1-4-24-18(23)16-10(2)15(11(3)21-16)17(22)12-5-6-14(13(19)9-12)25-8-7-20/h5-6,9,21H,4,7-8,20H2,1-3H3. The molecule has 0 aliphatic carbocycles. The largest absolute Gasteiger partial charge is 0.491 e. The minimum absolute atomic E-state index is 0.173. The lowest BCUT2D eigenvalue weighted by Crippen LogP contribution is -2.11. The third kappa shape index (κ3) is 4.11. The number of ketones is 1. The molecule has 0 saturated carbocycles. The number of aromatic amines is 1. The molecule has 0 aliphatic rings. The zero-order valence-electron chi connectivity index (χ0n) is 14.4. The van der Waals surface area contributed by atoms with Gasteiger partial charge in [-0.3, -0.25) is 4.79 Å². The zero-order chi connectivity index (χ0) is 18.6. The van der Waals surface area contributed by atoms with Gasteiger partial charge in [-0.1, -0.05) is 0 Å². The average Bonchev–Trinajstić information content (AvgIpc) is 2.88. The summed E-state index contributed by atoms with van der Waals surface area (Å²) in [5.74, 6) is -0.0153. The normalized spacial score (nSPS) is 10.6. The number of halogens is 1. The van der Waals surface area contributed by atoms with E-state index in [4.69, 9.17) is 15.2 Å². The molecule has 1 heterocycles. The van der Waals surface area contributed by atoms with E-state index in [1.54, 1.807) is 39.0 Å². The average molecular weight is 409 g/mol. The van der Waals surface area contributed by atoms with E-state index in [0.717, 1.165) is 0 Å². The van der Waals surface area contributed by atoms with Gasteiger partial charge in [-0.25, -0.2) is 4.79 Å². The number of carbonyl (C=O) groups is 2. The van der Waals surface area contributed by atoms with Gasteiger partial charge in [0.25, 0.3) is 0 Å². The molecule has 0 radical (unpaired) electrons. The van der Waals surface area contributed by atoms with E-state index >= 15 is 0 Å². The molecular formula is C18H21BrN2O4. The quantitative estimate of drug-likeness (QED) is 0.541. The maximum absolute atomic E-state index is 12.9. The lowest BCUT2D eigenvalue weighted by molar-refractivity contribution is 0.0519. The molecule has 1 aromatic carbocycles. The Labute approximate surface area is 154 Å². The van der Waals surface area contributed by atoms with Crippen molar-refractivity contribution in [3.8, 4) is 5.75 Å². The second kappa shape index (κ2) is 8.31. The lowest BCUT2D eigenvalue weighted by Gasteiger charge is -2.09. The summed E-state index contributed by atoms with van der Waals surface area (Å²) in [6.45, 7) is 6.31. The van der Waals surface area contributed by atoms with Crippen molar-refractivity contribution in [1.82, 2.24) is 4.98 Å². The fraction of sp³-hybridized carbons (Fsp3) is 0.333. The van der Waals surface area contributed by atoms with Crippen LogP contribution in [0.4, 0.5) is 0 Å². The van der Waals surface area contributed by atoms with Crippen LogP contribution in [-0.4, -0.2) is 36.5 Å². The number of rotatable bonds is 7. The highest BCUT2D eigenvalue weighted by atomic mass is 79.9. The number of nitrogens with two attached hydrogens (primary N) is 1. The van der Waals surface area contributed by atoms with Crippen LogP contribution in [0.15, 0.2) is 22.7 Å². The third-order valence-electron chi connectivity index (χ3n) is 3.71. The minimum Gasteiger partial charge on any atom is -0.491 e. The number of H-pyrrole nitrogens is 1. The Balaban J connectivity index is 2.35. The van der Waals surface area contributed by atoms with Crippen molar-refractivity contribution in [2.24, 2.45) is 5.73 Å². The molecular weight excluding hydrogens is 388 g/mol. The van der Waals surface area contributed by atoms with E-state index < -0.39 is 5.97 Å². The van der Waals surface area contributed by atoms with Gasteiger partial charge in [0.15, 0.2) is 5.78 Å². The predicted molar refractivity (Wildman–Crippen MR) is 98.3 cm³/mol. The van der Waals surface area contributed by atoms with Crippen LogP contribution in [0.3, 0.4) is 0 Å². The molecule has 2 aromatic rings. The van der Waals surface area contributed by atoms with Crippen LogP contribution < -0.4 is 10.5 Å². The predicted octanol–water partition coefficient (Wildman–Crippen LogP) is 3.14. The molecule has 25 heavy (non-hydrogen) atoms. The number of benzene rings is 1. The first-order valence-electron chi connectivity index (χ1n) is 7.94. The van der Waals surface area contributed by atoms with Gasteiger partial charge < -0.3 is 20.2 Å². The number of hydrogen-bond acceptors (Lipinski definition) is 5. The number of ether oxygens (including phenoxy) is 2. The molecule has 0 bridgehead atoms. The second-order valence-corrected chi connectivity index (χ2v) is 6.31. The zero-order valence-corrected chi connectivity index (χ0v) is 16.0. The topological polar surface area (TPSA) is 94.4 Å². The Kier molecular flexibility index (Phi) is 6.39. The molecule has 0 spiro atoms. The van der Waals surface area contributed by atoms with E-state index in [2.05, 4.69) is 20.9 Å². The smallest absolute Gasteiger partial charge is 0.355 e. The third-order valence-corrected chi connectivity index (χ3v) is 4.33. The van der Waals surface area contributed by atoms with Crippen molar-refractivity contribution in [3.63, 3.8) is 0 Å². The molecule has 2 rings (SSSR count). The molecule has 3 N–H and O–H groups in total. The van der Waals surface area contributed by atoms with E-state index in [-0.39, 0.29) is 12.4 Å². The first kappa shape index (κ1) is 19.2. The summed E-state index contributed by atoms with van der Waals surface area (Å²) < 4.78 is 11.2. The maximum Gasteiger partial charge on any atom is 0.355 e. The fourth-order valence-corrected chi connectivity index (χ4v) is 3.06. The Morgan fingerprint density at radius 2 is 2.00 bits per heavy atom. The molecule has 0 saturated heterocycles. The van der Waals surface area contributed by atoms with E-state index in [1.165, 1.54) is 0 Å². The van der Waals surface area contributed by atoms with Gasteiger partial charge in [0, 0.05) is 23.4 Å². The van der Waals surface area contributed by atoms with Gasteiger partial charge in [-0.2, -0.15) is 0 Å². The van der Waals surface area contributed by atoms with Crippen LogP contribution in [0.1, 0.15) is 44.6 Å². The van der Waals surface area contributed by atoms with Gasteiger partial charge in [0.05, 0.1) is 11.1 Å². The van der Waals surface area contributed by atoms with Crippen molar-refractivity contribution in [1.29, 1.82) is 0 Å². The van der Waals surface area contributed by atoms with Gasteiger partial charge in [-0.05, 0) is 60.5 Å². The van der Waals surface area contributed by atoms with Crippen LogP contribution in [-0.2, 0) is 4.74 Å². The first-order chi connectivity index (χ1) is 11.9. The van der Waals surface area contributed by atoms with E-state index in [0.29, 0.717) is 51.5 Å². The van der Waals surface area contributed by atoms with Crippen molar-refractivity contribution in [3.05, 3.63) is 50.8 Å². The maximum atomic E-state index is 12.9. The van der Waals surface area contributed by atoms with E-state index in [9.17, 15) is 9.59 Å². The number of carbonyl (C=O) groups excluding carboxylic acids is 2. The number of aryl methyl sites for hydroxylation is 1. The Hall–Kier alpha value is -2.12. The monoisotopic (exact) mass is 408 g/mol. The molecule has 0 unspecified atom stereocenters. The van der Waals surface area contributed by atoms with Crippen LogP contribution in [0.5, 0.6) is 5.75 Å². The minimum atomic E-state index is -0.464. The van der Waals surface area contributed by atoms with Crippen LogP contribution in [0.2, 0.25) is 0 Å². The summed E-state index contributed by atoms with van der Waals surface area (Å²) in [4.78, 5) is 27.9. The molecule has 6 nitrogen and oxygen atoms in total. The summed E-state index contributed by atoms with van der Waals surface area (Å²) in [5, 5.41) is 0. The highest BCUT2D eigenvalue weighted by Gasteiger charge is 2.24. The molecule has 0 fully saturated rings. The highest BCUT2D eigenvalue weighted by Crippen LogP contribution is 2.29. The Morgan fingerprint density at radius 1 is 1.28 bits per heavy atom. The Morgan fingerprint density at radius 3 is 2.60 bits per heavy atom. The van der Waals surface area contributed by atoms with Crippen LogP contribution in [0.25, 0.3) is 0 Å². The van der Waals surface area contributed by atoms with Crippen molar-refractivity contribution in [2.75, 3.05) is 19.8 Å². The van der Waals surface area contributed by atoms with Gasteiger partial charge in [0.2, 0.25) is 0 Å². The SMILES string of the molecule is CCOC(=O)c1[nH]c(C)c(C(=O)c2ccc(OCCN)c(Br)c2)c1C. The van der Waals surface area contributed by atoms with Gasteiger partial charge in [-0.15, -0.1) is 0 Å². The number of hydrogen-bond donors (Lipinski definition) is 2. The second-order valence-electron chi connectivity index (χ2n) is 5.46. The number of esters is 1. The molecule has 7 heteroatoms. The summed E-state index contributed by atoms with van der Waals surface area (Å²) in [5.41, 5.74) is 7.92. The van der Waals surface area contributed by atoms with Crippen molar-refractivity contribution < 1.29 is 19.1 Å². The Bertz CT molecular complexity index is 799. The van der Waals surface area contributed by atoms with Crippen molar-refractivity contribution >= 4 is 27.7 Å². The number of nitrogens with one attached hydrogen (secondary N) is 1. The molecule has 0 atom stereocenters. The van der Waals surface area contributed by atoms with Crippen LogP contribution in [0, 0.1) is 13.8 Å².